The fraction of sp³-hybridized carbons (Fsp3) is 0.955. The van der Waals surface area contributed by atoms with Gasteiger partial charge in [0.2, 0.25) is 0 Å². The Balaban J connectivity index is 1.67. The normalized spacial score (nSPS) is 58.2. The molecule has 0 aromatic carbocycles. The predicted octanol–water partition coefficient (Wildman–Crippen LogP) is 3.96. The number of carbonyl (C=O) groups is 1. The van der Waals surface area contributed by atoms with E-state index in [2.05, 4.69) is 20.8 Å². The van der Waals surface area contributed by atoms with Crippen LogP contribution in [0.4, 0.5) is 0 Å². The summed E-state index contributed by atoms with van der Waals surface area (Å²) in [5.41, 5.74) is -1.04. The van der Waals surface area contributed by atoms with Crippen LogP contribution in [0.3, 0.4) is 0 Å². The van der Waals surface area contributed by atoms with Gasteiger partial charge in [0.1, 0.15) is 5.60 Å². The summed E-state index contributed by atoms with van der Waals surface area (Å²) in [6, 6.07) is 0. The molecule has 0 aliphatic heterocycles. The Labute approximate surface area is 152 Å². The van der Waals surface area contributed by atoms with Crippen molar-refractivity contribution in [2.24, 2.45) is 40.4 Å². The summed E-state index contributed by atoms with van der Waals surface area (Å²) < 4.78 is 0. The number of Topliss-reactive ketones (excluding diaryl/α,β-unsaturated/α-hetero) is 1. The molecular formula is C22H36O3. The molecule has 9 atom stereocenters. The smallest absolute Gasteiger partial charge is 0.162 e. The van der Waals surface area contributed by atoms with Crippen LogP contribution in [0, 0.1) is 40.4 Å². The van der Waals surface area contributed by atoms with E-state index >= 15 is 0 Å². The van der Waals surface area contributed by atoms with Crippen LogP contribution in [0.15, 0.2) is 0 Å². The average molecular weight is 349 g/mol. The van der Waals surface area contributed by atoms with Crippen LogP contribution < -0.4 is 0 Å². The van der Waals surface area contributed by atoms with Crippen molar-refractivity contribution >= 4 is 5.78 Å². The summed E-state index contributed by atoms with van der Waals surface area (Å²) >= 11 is 0. The van der Waals surface area contributed by atoms with Crippen molar-refractivity contribution in [3.63, 3.8) is 0 Å². The van der Waals surface area contributed by atoms with Crippen molar-refractivity contribution in [1.29, 1.82) is 0 Å². The molecular weight excluding hydrogens is 312 g/mol. The van der Waals surface area contributed by atoms with Crippen LogP contribution in [0.25, 0.3) is 0 Å². The van der Waals surface area contributed by atoms with Gasteiger partial charge in [0, 0.05) is 5.41 Å². The van der Waals surface area contributed by atoms with Crippen LogP contribution in [-0.2, 0) is 4.79 Å². The first-order valence-electron chi connectivity index (χ1n) is 10.6. The van der Waals surface area contributed by atoms with Crippen LogP contribution in [0.5, 0.6) is 0 Å². The molecule has 4 saturated carbocycles. The number of hydrogen-bond donors (Lipinski definition) is 2. The second-order valence-corrected chi connectivity index (χ2v) is 10.5. The number of hydrogen-bond acceptors (Lipinski definition) is 3. The maximum atomic E-state index is 12.4. The molecule has 4 fully saturated rings. The summed E-state index contributed by atoms with van der Waals surface area (Å²) in [4.78, 5) is 12.4. The fourth-order valence-electron chi connectivity index (χ4n) is 8.33. The molecule has 0 radical (unpaired) electrons. The Morgan fingerprint density at radius 1 is 1.00 bits per heavy atom. The van der Waals surface area contributed by atoms with Gasteiger partial charge in [-0.1, -0.05) is 20.8 Å². The van der Waals surface area contributed by atoms with E-state index in [1.807, 2.05) is 0 Å². The van der Waals surface area contributed by atoms with Crippen LogP contribution in [0.2, 0.25) is 0 Å². The van der Waals surface area contributed by atoms with E-state index in [1.54, 1.807) is 6.92 Å². The second kappa shape index (κ2) is 5.55. The zero-order chi connectivity index (χ0) is 18.2. The Hall–Kier alpha value is -0.410. The molecule has 0 bridgehead atoms. The molecule has 25 heavy (non-hydrogen) atoms. The molecule has 4 aliphatic rings. The third-order valence-electron chi connectivity index (χ3n) is 9.76. The van der Waals surface area contributed by atoms with Crippen molar-refractivity contribution in [3.05, 3.63) is 0 Å². The van der Waals surface area contributed by atoms with Gasteiger partial charge < -0.3 is 10.2 Å². The first-order valence-corrected chi connectivity index (χ1v) is 10.6. The Morgan fingerprint density at radius 2 is 1.72 bits per heavy atom. The lowest BCUT2D eigenvalue weighted by Gasteiger charge is -2.61. The van der Waals surface area contributed by atoms with Gasteiger partial charge >= 0.3 is 0 Å². The number of aliphatic hydroxyl groups excluding tert-OH is 1. The number of rotatable bonds is 1. The molecule has 0 unspecified atom stereocenters. The highest BCUT2D eigenvalue weighted by atomic mass is 16.3. The largest absolute Gasteiger partial charge is 0.393 e. The molecule has 4 rings (SSSR count). The van der Waals surface area contributed by atoms with E-state index in [0.717, 1.165) is 38.5 Å². The van der Waals surface area contributed by atoms with E-state index in [4.69, 9.17) is 0 Å². The van der Waals surface area contributed by atoms with Gasteiger partial charge in [0.25, 0.3) is 0 Å². The standard InChI is InChI=1S/C22H36O3/c1-13-11-19-17-6-5-15-12-16(24)7-9-20(15,3)18(17)8-10-21(19,4)22(13,25)14(2)23/h13,15-19,24-25H,5-12H2,1-4H3/t13-,15+,16-,17-,18+,19+,20+,21+,22+/m0/s1. The maximum absolute atomic E-state index is 12.4. The third kappa shape index (κ3) is 2.15. The molecule has 4 aliphatic carbocycles. The van der Waals surface area contributed by atoms with Crippen LogP contribution >= 0.6 is 0 Å². The molecule has 0 saturated heterocycles. The molecule has 142 valence electrons. The highest BCUT2D eigenvalue weighted by Gasteiger charge is 2.68. The SMILES string of the molecule is CC(=O)[C@]1(O)[C@@H](C)C[C@@H]2[C@H]3CC[C@@H]4C[C@@H](O)CC[C@@]4(C)[C@@H]3CC[C@]21C. The summed E-state index contributed by atoms with van der Waals surface area (Å²) in [7, 11) is 0. The monoisotopic (exact) mass is 348 g/mol. The quantitative estimate of drug-likeness (QED) is 0.754. The van der Waals surface area contributed by atoms with E-state index in [-0.39, 0.29) is 23.2 Å². The summed E-state index contributed by atoms with van der Waals surface area (Å²) in [6.07, 6.45) is 8.53. The zero-order valence-corrected chi connectivity index (χ0v) is 16.4. The number of ketones is 1. The number of aliphatic hydroxyl groups is 2. The third-order valence-corrected chi connectivity index (χ3v) is 9.76. The van der Waals surface area contributed by atoms with Gasteiger partial charge in [-0.3, -0.25) is 4.79 Å². The number of carbonyl (C=O) groups excluding carboxylic acids is 1. The molecule has 3 nitrogen and oxygen atoms in total. The van der Waals surface area contributed by atoms with Crippen molar-refractivity contribution < 1.29 is 15.0 Å². The first kappa shape index (κ1) is 18.0. The Bertz CT molecular complexity index is 574. The minimum Gasteiger partial charge on any atom is -0.393 e. The van der Waals surface area contributed by atoms with Crippen LogP contribution in [-0.4, -0.2) is 27.7 Å². The lowest BCUT2D eigenvalue weighted by Crippen LogP contribution is -2.59. The van der Waals surface area contributed by atoms with Gasteiger partial charge in [-0.05, 0) is 93.3 Å². The Kier molecular flexibility index (Phi) is 3.99. The fourth-order valence-corrected chi connectivity index (χ4v) is 8.33. The van der Waals surface area contributed by atoms with Gasteiger partial charge in [-0.2, -0.15) is 0 Å². The number of fused-ring (bicyclic) bond motifs is 5. The lowest BCUT2D eigenvalue weighted by molar-refractivity contribution is -0.175. The lowest BCUT2D eigenvalue weighted by atomic mass is 9.44. The van der Waals surface area contributed by atoms with Gasteiger partial charge in [-0.25, -0.2) is 0 Å². The molecule has 0 aromatic heterocycles. The topological polar surface area (TPSA) is 57.5 Å². The average Bonchev–Trinajstić information content (AvgIpc) is 2.77. The van der Waals surface area contributed by atoms with Crippen LogP contribution in [0.1, 0.15) is 79.1 Å². The van der Waals surface area contributed by atoms with E-state index < -0.39 is 5.60 Å². The second-order valence-electron chi connectivity index (χ2n) is 10.5. The summed E-state index contributed by atoms with van der Waals surface area (Å²) in [5.74, 6) is 2.53. The zero-order valence-electron chi connectivity index (χ0n) is 16.4. The summed E-state index contributed by atoms with van der Waals surface area (Å²) in [6.45, 7) is 8.37. The molecule has 0 aromatic rings. The minimum atomic E-state index is -1.14. The first-order chi connectivity index (χ1) is 11.6. The van der Waals surface area contributed by atoms with Crippen molar-refractivity contribution in [3.8, 4) is 0 Å². The molecule has 0 spiro atoms. The Morgan fingerprint density at radius 3 is 2.40 bits per heavy atom. The van der Waals surface area contributed by atoms with E-state index in [9.17, 15) is 15.0 Å². The van der Waals surface area contributed by atoms with Crippen molar-refractivity contribution in [2.45, 2.75) is 90.8 Å². The van der Waals surface area contributed by atoms with E-state index in [1.165, 1.54) is 12.8 Å². The minimum absolute atomic E-state index is 0.0239. The highest BCUT2D eigenvalue weighted by Crippen LogP contribution is 2.69. The van der Waals surface area contributed by atoms with Gasteiger partial charge in [-0.15, -0.1) is 0 Å². The van der Waals surface area contributed by atoms with Gasteiger partial charge in [0.15, 0.2) is 5.78 Å². The summed E-state index contributed by atoms with van der Waals surface area (Å²) in [5, 5.41) is 21.6. The van der Waals surface area contributed by atoms with E-state index in [0.29, 0.717) is 29.1 Å². The molecule has 0 amide bonds. The van der Waals surface area contributed by atoms with Crippen molar-refractivity contribution in [2.75, 3.05) is 0 Å². The van der Waals surface area contributed by atoms with Crippen molar-refractivity contribution in [1.82, 2.24) is 0 Å². The molecule has 3 heteroatoms. The maximum Gasteiger partial charge on any atom is 0.162 e. The molecule has 0 heterocycles. The predicted molar refractivity (Wildman–Crippen MR) is 97.9 cm³/mol. The van der Waals surface area contributed by atoms with Gasteiger partial charge in [0.05, 0.1) is 6.10 Å². The molecule has 2 N–H and O–H groups in total. The highest BCUT2D eigenvalue weighted by molar-refractivity contribution is 5.86.